The Labute approximate surface area is 178 Å². The van der Waals surface area contributed by atoms with Crippen molar-refractivity contribution < 1.29 is 14.2 Å². The summed E-state index contributed by atoms with van der Waals surface area (Å²) in [5.74, 6) is 2.67. The van der Waals surface area contributed by atoms with Gasteiger partial charge in [0, 0.05) is 30.5 Å². The molecule has 0 saturated carbocycles. The number of likely N-dealkylation sites (tertiary alicyclic amines) is 1. The fourth-order valence-corrected chi connectivity index (χ4v) is 4.04. The van der Waals surface area contributed by atoms with E-state index in [0.717, 1.165) is 42.3 Å². The molecule has 5 nitrogen and oxygen atoms in total. The molecule has 2 aromatic carbocycles. The Morgan fingerprint density at radius 2 is 1.67 bits per heavy atom. The Morgan fingerprint density at radius 3 is 2.40 bits per heavy atom. The standard InChI is InChI=1S/C25H28N2O3/c1-28-22-9-10-25(29-2)23(16-22)24-4-3-15-27(24)17-19-5-7-21(8-6-19)30-18-20-11-13-26-14-12-20/h5-14,16,24H,3-4,15,17-18H2,1-2H3. The van der Waals surface area contributed by atoms with E-state index in [2.05, 4.69) is 28.1 Å². The van der Waals surface area contributed by atoms with Gasteiger partial charge in [-0.2, -0.15) is 0 Å². The first-order chi connectivity index (χ1) is 14.8. The van der Waals surface area contributed by atoms with Crippen LogP contribution in [0.2, 0.25) is 0 Å². The molecule has 1 aliphatic rings. The van der Waals surface area contributed by atoms with Crippen LogP contribution in [0.5, 0.6) is 17.2 Å². The number of nitrogens with zero attached hydrogens (tertiary/aromatic N) is 2. The third-order valence-electron chi connectivity index (χ3n) is 5.62. The highest BCUT2D eigenvalue weighted by atomic mass is 16.5. The van der Waals surface area contributed by atoms with Crippen LogP contribution < -0.4 is 14.2 Å². The number of hydrogen-bond acceptors (Lipinski definition) is 5. The lowest BCUT2D eigenvalue weighted by atomic mass is 10.0. The number of ether oxygens (including phenoxy) is 3. The van der Waals surface area contributed by atoms with E-state index >= 15 is 0 Å². The van der Waals surface area contributed by atoms with E-state index in [1.807, 2.05) is 36.4 Å². The zero-order valence-electron chi connectivity index (χ0n) is 17.6. The fourth-order valence-electron chi connectivity index (χ4n) is 4.04. The van der Waals surface area contributed by atoms with Crippen LogP contribution in [0.1, 0.15) is 35.6 Å². The molecule has 0 amide bonds. The molecule has 0 N–H and O–H groups in total. The lowest BCUT2D eigenvalue weighted by Crippen LogP contribution is -2.23. The van der Waals surface area contributed by atoms with Crippen LogP contribution in [-0.2, 0) is 13.2 Å². The maximum absolute atomic E-state index is 5.89. The molecule has 0 radical (unpaired) electrons. The highest BCUT2D eigenvalue weighted by molar-refractivity contribution is 5.42. The first kappa shape index (κ1) is 20.2. The van der Waals surface area contributed by atoms with Crippen molar-refractivity contribution >= 4 is 0 Å². The summed E-state index contributed by atoms with van der Waals surface area (Å²) < 4.78 is 17.0. The van der Waals surface area contributed by atoms with E-state index in [1.165, 1.54) is 17.5 Å². The summed E-state index contributed by atoms with van der Waals surface area (Å²) in [6.07, 6.45) is 5.87. The van der Waals surface area contributed by atoms with Crippen molar-refractivity contribution in [2.45, 2.75) is 32.0 Å². The van der Waals surface area contributed by atoms with E-state index in [9.17, 15) is 0 Å². The Morgan fingerprint density at radius 1 is 0.900 bits per heavy atom. The van der Waals surface area contributed by atoms with Crippen molar-refractivity contribution in [2.75, 3.05) is 20.8 Å². The minimum Gasteiger partial charge on any atom is -0.497 e. The molecule has 1 fully saturated rings. The van der Waals surface area contributed by atoms with Crippen molar-refractivity contribution in [1.82, 2.24) is 9.88 Å². The lowest BCUT2D eigenvalue weighted by Gasteiger charge is -2.26. The second kappa shape index (κ2) is 9.63. The molecule has 3 aromatic rings. The smallest absolute Gasteiger partial charge is 0.123 e. The SMILES string of the molecule is COc1ccc(OC)c(C2CCCN2Cc2ccc(OCc3ccncc3)cc2)c1. The summed E-state index contributed by atoms with van der Waals surface area (Å²) in [6, 6.07) is 18.7. The molecule has 0 aliphatic carbocycles. The number of rotatable bonds is 8. The average Bonchev–Trinajstić information content (AvgIpc) is 3.26. The highest BCUT2D eigenvalue weighted by Crippen LogP contribution is 2.39. The van der Waals surface area contributed by atoms with Gasteiger partial charge in [0.25, 0.3) is 0 Å². The van der Waals surface area contributed by atoms with Gasteiger partial charge in [-0.15, -0.1) is 0 Å². The second-order valence-corrected chi connectivity index (χ2v) is 7.52. The van der Waals surface area contributed by atoms with Gasteiger partial charge in [0.15, 0.2) is 0 Å². The molecule has 1 atom stereocenters. The Kier molecular flexibility index (Phi) is 6.50. The molecular weight excluding hydrogens is 376 g/mol. The van der Waals surface area contributed by atoms with E-state index in [0.29, 0.717) is 12.6 Å². The van der Waals surface area contributed by atoms with Gasteiger partial charge in [-0.1, -0.05) is 12.1 Å². The number of aromatic nitrogens is 1. The maximum atomic E-state index is 5.89. The van der Waals surface area contributed by atoms with E-state index in [-0.39, 0.29) is 0 Å². The van der Waals surface area contributed by atoms with Gasteiger partial charge < -0.3 is 14.2 Å². The second-order valence-electron chi connectivity index (χ2n) is 7.52. The largest absolute Gasteiger partial charge is 0.497 e. The van der Waals surface area contributed by atoms with Gasteiger partial charge in [0.1, 0.15) is 23.9 Å². The van der Waals surface area contributed by atoms with Gasteiger partial charge in [-0.25, -0.2) is 0 Å². The third kappa shape index (κ3) is 4.74. The molecular formula is C25H28N2O3. The molecule has 4 rings (SSSR count). The topological polar surface area (TPSA) is 43.8 Å². The number of pyridine rings is 1. The van der Waals surface area contributed by atoms with Crippen molar-refractivity contribution in [1.29, 1.82) is 0 Å². The molecule has 156 valence electrons. The van der Waals surface area contributed by atoms with Crippen molar-refractivity contribution in [3.63, 3.8) is 0 Å². The Hall–Kier alpha value is -3.05. The van der Waals surface area contributed by atoms with Crippen LogP contribution in [-0.4, -0.2) is 30.6 Å². The fraction of sp³-hybridized carbons (Fsp3) is 0.320. The first-order valence-electron chi connectivity index (χ1n) is 10.3. The maximum Gasteiger partial charge on any atom is 0.123 e. The molecule has 5 heteroatoms. The zero-order chi connectivity index (χ0) is 20.8. The van der Waals surface area contributed by atoms with Crippen LogP contribution in [0.25, 0.3) is 0 Å². The van der Waals surface area contributed by atoms with E-state index in [1.54, 1.807) is 26.6 Å². The van der Waals surface area contributed by atoms with E-state index < -0.39 is 0 Å². The van der Waals surface area contributed by atoms with Crippen LogP contribution in [0, 0.1) is 0 Å². The molecule has 2 heterocycles. The van der Waals surface area contributed by atoms with Crippen molar-refractivity contribution in [2.24, 2.45) is 0 Å². The lowest BCUT2D eigenvalue weighted by molar-refractivity contribution is 0.242. The third-order valence-corrected chi connectivity index (χ3v) is 5.62. The summed E-state index contributed by atoms with van der Waals surface area (Å²) in [4.78, 5) is 6.55. The minimum absolute atomic E-state index is 0.331. The predicted molar refractivity (Wildman–Crippen MR) is 117 cm³/mol. The summed E-state index contributed by atoms with van der Waals surface area (Å²) in [5, 5.41) is 0. The first-order valence-corrected chi connectivity index (χ1v) is 10.3. The van der Waals surface area contributed by atoms with Gasteiger partial charge in [-0.05, 0) is 73.0 Å². The molecule has 1 unspecified atom stereocenters. The molecule has 1 aliphatic heterocycles. The average molecular weight is 405 g/mol. The van der Waals surface area contributed by atoms with Gasteiger partial charge in [0.05, 0.1) is 14.2 Å². The van der Waals surface area contributed by atoms with Crippen LogP contribution in [0.3, 0.4) is 0 Å². The molecule has 0 spiro atoms. The van der Waals surface area contributed by atoms with Crippen LogP contribution in [0.4, 0.5) is 0 Å². The predicted octanol–water partition coefficient (Wildman–Crippen LogP) is 5.01. The van der Waals surface area contributed by atoms with Crippen molar-refractivity contribution in [3.05, 3.63) is 83.7 Å². The normalized spacial score (nSPS) is 16.4. The van der Waals surface area contributed by atoms with Crippen LogP contribution >= 0.6 is 0 Å². The Bertz CT molecular complexity index is 944. The molecule has 0 bridgehead atoms. The summed E-state index contributed by atoms with van der Waals surface area (Å²) in [7, 11) is 3.44. The summed E-state index contributed by atoms with van der Waals surface area (Å²) >= 11 is 0. The minimum atomic E-state index is 0.331. The quantitative estimate of drug-likeness (QED) is 0.528. The zero-order valence-corrected chi connectivity index (χ0v) is 17.6. The summed E-state index contributed by atoms with van der Waals surface area (Å²) in [5.41, 5.74) is 3.59. The number of methoxy groups -OCH3 is 2. The van der Waals surface area contributed by atoms with Gasteiger partial charge >= 0.3 is 0 Å². The number of benzene rings is 2. The van der Waals surface area contributed by atoms with E-state index in [4.69, 9.17) is 14.2 Å². The van der Waals surface area contributed by atoms with Crippen molar-refractivity contribution in [3.8, 4) is 17.2 Å². The monoisotopic (exact) mass is 404 g/mol. The number of hydrogen-bond donors (Lipinski definition) is 0. The molecule has 1 saturated heterocycles. The van der Waals surface area contributed by atoms with Gasteiger partial charge in [0.2, 0.25) is 0 Å². The molecule has 1 aromatic heterocycles. The Balaban J connectivity index is 1.42. The van der Waals surface area contributed by atoms with Gasteiger partial charge in [-0.3, -0.25) is 9.88 Å². The van der Waals surface area contributed by atoms with Crippen LogP contribution in [0.15, 0.2) is 67.0 Å². The highest BCUT2D eigenvalue weighted by Gasteiger charge is 2.28. The summed E-state index contributed by atoms with van der Waals surface area (Å²) in [6.45, 7) is 2.52. The molecule has 30 heavy (non-hydrogen) atoms.